The summed E-state index contributed by atoms with van der Waals surface area (Å²) in [4.78, 5) is 7.78. The van der Waals surface area contributed by atoms with Crippen molar-refractivity contribution in [3.63, 3.8) is 0 Å². The van der Waals surface area contributed by atoms with Gasteiger partial charge in [-0.15, -0.1) is 0 Å². The lowest BCUT2D eigenvalue weighted by Gasteiger charge is -2.05. The van der Waals surface area contributed by atoms with Crippen LogP contribution in [0.15, 0.2) is 23.6 Å². The quantitative estimate of drug-likeness (QED) is 0.778. The number of primary sulfonamides is 1. The van der Waals surface area contributed by atoms with Crippen molar-refractivity contribution in [2.45, 2.75) is 11.9 Å². The molecule has 0 aliphatic rings. The fourth-order valence-corrected chi connectivity index (χ4v) is 2.19. The molecule has 0 spiro atoms. The second-order valence-electron chi connectivity index (χ2n) is 3.45. The first-order valence-corrected chi connectivity index (χ1v) is 6.28. The Morgan fingerprint density at radius 3 is 2.72 bits per heavy atom. The molecule has 0 saturated carbocycles. The van der Waals surface area contributed by atoms with Gasteiger partial charge in [0.2, 0.25) is 0 Å². The first kappa shape index (κ1) is 12.2. The van der Waals surface area contributed by atoms with Gasteiger partial charge in [0, 0.05) is 11.8 Å². The van der Waals surface area contributed by atoms with Crippen LogP contribution in [-0.2, 0) is 10.0 Å². The van der Waals surface area contributed by atoms with Gasteiger partial charge in [-0.2, -0.15) is 10.4 Å². The molecule has 0 bridgehead atoms. The fraction of sp³-hybridized carbons (Fsp3) is 0.111. The zero-order chi connectivity index (χ0) is 13.3. The third-order valence-electron chi connectivity index (χ3n) is 2.12. The van der Waals surface area contributed by atoms with Gasteiger partial charge in [-0.05, 0) is 6.92 Å². The Labute approximate surface area is 103 Å². The summed E-state index contributed by atoms with van der Waals surface area (Å²) in [5.74, 6) is 0.230. The van der Waals surface area contributed by atoms with Gasteiger partial charge < -0.3 is 0 Å². The van der Waals surface area contributed by atoms with Crippen LogP contribution in [0.25, 0.3) is 5.82 Å². The molecule has 2 N–H and O–H groups in total. The van der Waals surface area contributed by atoms with Crippen molar-refractivity contribution in [3.05, 3.63) is 29.8 Å². The lowest BCUT2D eigenvalue weighted by molar-refractivity contribution is 0.586. The molecular formula is C9H8N6O2S. The molecule has 2 heterocycles. The number of aryl methyl sites for hydroxylation is 1. The molecule has 0 aliphatic carbocycles. The van der Waals surface area contributed by atoms with Crippen molar-refractivity contribution in [2.75, 3.05) is 0 Å². The largest absolute Gasteiger partial charge is 0.257 e. The van der Waals surface area contributed by atoms with Crippen molar-refractivity contribution >= 4 is 10.0 Å². The molecule has 0 aliphatic heterocycles. The Morgan fingerprint density at radius 1 is 1.44 bits per heavy atom. The predicted octanol–water partition coefficient (Wildman–Crippen LogP) is -0.510. The van der Waals surface area contributed by atoms with Crippen LogP contribution in [0, 0.1) is 18.3 Å². The second-order valence-corrected chi connectivity index (χ2v) is 4.93. The minimum absolute atomic E-state index is 0.131. The Kier molecular flexibility index (Phi) is 2.82. The van der Waals surface area contributed by atoms with E-state index in [1.165, 1.54) is 12.4 Å². The minimum atomic E-state index is -4.08. The molecule has 0 unspecified atom stereocenters. The summed E-state index contributed by atoms with van der Waals surface area (Å²) < 4.78 is 24.0. The van der Waals surface area contributed by atoms with Crippen LogP contribution in [-0.4, -0.2) is 28.2 Å². The average molecular weight is 264 g/mol. The molecule has 0 amide bonds. The highest BCUT2D eigenvalue weighted by atomic mass is 32.2. The maximum atomic E-state index is 11.5. The van der Waals surface area contributed by atoms with Crippen LogP contribution >= 0.6 is 0 Å². The summed E-state index contributed by atoms with van der Waals surface area (Å²) in [7, 11) is -4.08. The molecule has 92 valence electrons. The highest BCUT2D eigenvalue weighted by molar-refractivity contribution is 7.89. The monoisotopic (exact) mass is 264 g/mol. The summed E-state index contributed by atoms with van der Waals surface area (Å²) in [6.45, 7) is 1.72. The molecule has 2 aromatic heterocycles. The van der Waals surface area contributed by atoms with Gasteiger partial charge in [-0.25, -0.2) is 28.2 Å². The summed E-state index contributed by atoms with van der Waals surface area (Å²) in [5.41, 5.74) is 0.503. The van der Waals surface area contributed by atoms with Gasteiger partial charge in [0.15, 0.2) is 10.8 Å². The summed E-state index contributed by atoms with van der Waals surface area (Å²) in [5, 5.41) is 17.3. The third-order valence-corrected chi connectivity index (χ3v) is 3.05. The van der Waals surface area contributed by atoms with Crippen molar-refractivity contribution in [1.82, 2.24) is 19.7 Å². The molecule has 18 heavy (non-hydrogen) atoms. The second kappa shape index (κ2) is 4.17. The van der Waals surface area contributed by atoms with Crippen molar-refractivity contribution < 1.29 is 8.42 Å². The molecule has 0 aromatic carbocycles. The number of sulfonamides is 1. The highest BCUT2D eigenvalue weighted by Crippen LogP contribution is 2.16. The Balaban J connectivity index is 2.75. The SMILES string of the molecule is Cc1cc(-n2ncc(C#N)c2S(N)(=O)=O)ncn1. The van der Waals surface area contributed by atoms with E-state index in [1.807, 2.05) is 0 Å². The van der Waals surface area contributed by atoms with Gasteiger partial charge in [0.1, 0.15) is 18.0 Å². The molecule has 8 nitrogen and oxygen atoms in total. The zero-order valence-electron chi connectivity index (χ0n) is 9.27. The van der Waals surface area contributed by atoms with Crippen LogP contribution in [0.4, 0.5) is 0 Å². The van der Waals surface area contributed by atoms with E-state index in [1.54, 1.807) is 13.0 Å². The Morgan fingerprint density at radius 2 is 2.17 bits per heavy atom. The fourth-order valence-electron chi connectivity index (χ4n) is 1.41. The number of nitrogens with two attached hydrogens (primary N) is 1. The maximum absolute atomic E-state index is 11.5. The van der Waals surface area contributed by atoms with Gasteiger partial charge >= 0.3 is 0 Å². The van der Waals surface area contributed by atoms with Crippen LogP contribution in [0.5, 0.6) is 0 Å². The minimum Gasteiger partial charge on any atom is -0.242 e. The van der Waals surface area contributed by atoms with Gasteiger partial charge in [-0.3, -0.25) is 0 Å². The van der Waals surface area contributed by atoms with Gasteiger partial charge in [0.25, 0.3) is 10.0 Å². The highest BCUT2D eigenvalue weighted by Gasteiger charge is 2.22. The van der Waals surface area contributed by atoms with Gasteiger partial charge in [0.05, 0.1) is 6.20 Å². The number of hydrogen-bond acceptors (Lipinski definition) is 6. The Hall–Kier alpha value is -2.31. The normalized spacial score (nSPS) is 11.2. The zero-order valence-corrected chi connectivity index (χ0v) is 10.1. The van der Waals surface area contributed by atoms with E-state index in [0.29, 0.717) is 5.69 Å². The van der Waals surface area contributed by atoms with E-state index >= 15 is 0 Å². The smallest absolute Gasteiger partial charge is 0.242 e. The van der Waals surface area contributed by atoms with E-state index in [9.17, 15) is 8.42 Å². The summed E-state index contributed by atoms with van der Waals surface area (Å²) in [6, 6.07) is 3.25. The van der Waals surface area contributed by atoms with Crippen LogP contribution in [0.1, 0.15) is 11.3 Å². The lowest BCUT2D eigenvalue weighted by Crippen LogP contribution is -2.19. The molecule has 2 aromatic rings. The number of nitrogens with zero attached hydrogens (tertiary/aromatic N) is 5. The first-order chi connectivity index (χ1) is 8.43. The number of rotatable bonds is 2. The van der Waals surface area contributed by atoms with Crippen molar-refractivity contribution in [1.29, 1.82) is 5.26 Å². The van der Waals surface area contributed by atoms with E-state index in [4.69, 9.17) is 10.4 Å². The molecule has 0 fully saturated rings. The van der Waals surface area contributed by atoms with Crippen molar-refractivity contribution in [2.24, 2.45) is 5.14 Å². The average Bonchev–Trinajstić information content (AvgIpc) is 2.72. The Bertz CT molecular complexity index is 743. The lowest BCUT2D eigenvalue weighted by atomic mass is 10.4. The van der Waals surface area contributed by atoms with Crippen LogP contribution in [0.2, 0.25) is 0 Å². The van der Waals surface area contributed by atoms with Crippen LogP contribution in [0.3, 0.4) is 0 Å². The molecule has 0 radical (unpaired) electrons. The van der Waals surface area contributed by atoms with Crippen LogP contribution < -0.4 is 5.14 Å². The number of nitriles is 1. The molecule has 0 saturated heterocycles. The summed E-state index contributed by atoms with van der Waals surface area (Å²) >= 11 is 0. The predicted molar refractivity (Wildman–Crippen MR) is 60.0 cm³/mol. The number of aromatic nitrogens is 4. The van der Waals surface area contributed by atoms with E-state index in [2.05, 4.69) is 15.1 Å². The van der Waals surface area contributed by atoms with E-state index < -0.39 is 10.0 Å². The standard InChI is InChI=1S/C9H8N6O2S/c1-6-2-8(13-5-12-6)15-9(18(11,16)17)7(3-10)4-14-15/h2,4-5H,1H3,(H2,11,16,17). The van der Waals surface area contributed by atoms with Gasteiger partial charge in [-0.1, -0.05) is 0 Å². The van der Waals surface area contributed by atoms with E-state index in [0.717, 1.165) is 10.9 Å². The molecule has 2 rings (SSSR count). The molecule has 0 atom stereocenters. The summed E-state index contributed by atoms with van der Waals surface area (Å²) in [6.07, 6.45) is 2.39. The van der Waals surface area contributed by atoms with Crippen molar-refractivity contribution in [3.8, 4) is 11.9 Å². The van der Waals surface area contributed by atoms with E-state index in [-0.39, 0.29) is 16.4 Å². The topological polar surface area (TPSA) is 128 Å². The number of hydrogen-bond donors (Lipinski definition) is 1. The first-order valence-electron chi connectivity index (χ1n) is 4.73. The third kappa shape index (κ3) is 2.06. The molecular weight excluding hydrogens is 256 g/mol. The molecule has 9 heteroatoms. The maximum Gasteiger partial charge on any atom is 0.257 e.